The van der Waals surface area contributed by atoms with E-state index in [0.717, 1.165) is 12.1 Å². The van der Waals surface area contributed by atoms with E-state index in [0.29, 0.717) is 0 Å². The number of benzene rings is 1. The molecule has 0 unspecified atom stereocenters. The molecule has 12 nitrogen and oxygen atoms in total. The van der Waals surface area contributed by atoms with Gasteiger partial charge < -0.3 is 10.6 Å². The number of hydrogen-bond donors (Lipinski definition) is 6. The Kier molecular flexibility index (Phi) is 4.85. The highest BCUT2D eigenvalue weighted by molar-refractivity contribution is 6.08. The van der Waals surface area contributed by atoms with Gasteiger partial charge in [0.05, 0.1) is 0 Å². The average Bonchev–Trinajstić information content (AvgIpc) is 2.60. The topological polar surface area (TPSA) is 190 Å². The molecule has 0 saturated heterocycles. The molecule has 3 rings (SSSR count). The molecule has 0 radical (unpaired) electrons. The number of H-pyrrole nitrogens is 4. The predicted molar refractivity (Wildman–Crippen MR) is 97.7 cm³/mol. The molecule has 1 aromatic carbocycles. The van der Waals surface area contributed by atoms with E-state index in [1.807, 2.05) is 9.97 Å². The van der Waals surface area contributed by atoms with Gasteiger partial charge >= 0.3 is 11.4 Å². The lowest BCUT2D eigenvalue weighted by molar-refractivity contribution is 0.102. The number of rotatable bonds is 4. The summed E-state index contributed by atoms with van der Waals surface area (Å²) in [5.74, 6) is -1.59. The van der Waals surface area contributed by atoms with Crippen molar-refractivity contribution in [3.63, 3.8) is 0 Å². The average molecular weight is 384 g/mol. The van der Waals surface area contributed by atoms with Crippen LogP contribution < -0.4 is 33.1 Å². The SMILES string of the molecule is O=C(Nc1cc(=O)[nH]c(=O)[nH]1)c1cccc(C(=O)Nc2cc(=O)[nH]c(=O)[nH]2)c1. The fraction of sp³-hybridized carbons (Fsp3) is 0. The summed E-state index contributed by atoms with van der Waals surface area (Å²) in [4.78, 5) is 78.0. The Morgan fingerprint density at radius 3 is 1.46 bits per heavy atom. The summed E-state index contributed by atoms with van der Waals surface area (Å²) in [5.41, 5.74) is -2.84. The number of carbonyl (C=O) groups is 2. The van der Waals surface area contributed by atoms with Crippen molar-refractivity contribution in [3.8, 4) is 0 Å². The normalized spacial score (nSPS) is 10.3. The molecule has 0 aliphatic heterocycles. The van der Waals surface area contributed by atoms with Crippen LogP contribution in [-0.2, 0) is 0 Å². The smallest absolute Gasteiger partial charge is 0.308 e. The Morgan fingerprint density at radius 2 is 1.07 bits per heavy atom. The van der Waals surface area contributed by atoms with Crippen molar-refractivity contribution >= 4 is 23.5 Å². The van der Waals surface area contributed by atoms with Gasteiger partial charge in [-0.05, 0) is 18.2 Å². The highest BCUT2D eigenvalue weighted by Crippen LogP contribution is 2.09. The summed E-state index contributed by atoms with van der Waals surface area (Å²) in [6, 6.07) is 7.48. The van der Waals surface area contributed by atoms with Crippen molar-refractivity contribution in [1.82, 2.24) is 19.9 Å². The molecule has 2 heterocycles. The predicted octanol–water partition coefficient (Wildman–Crippen LogP) is -1.06. The monoisotopic (exact) mass is 384 g/mol. The molecule has 28 heavy (non-hydrogen) atoms. The Balaban J connectivity index is 1.80. The number of carbonyl (C=O) groups excluding carboxylic acids is 2. The first-order valence-electron chi connectivity index (χ1n) is 7.70. The van der Waals surface area contributed by atoms with E-state index in [1.54, 1.807) is 0 Å². The second-order valence-corrected chi connectivity index (χ2v) is 5.49. The lowest BCUT2D eigenvalue weighted by Crippen LogP contribution is -2.25. The van der Waals surface area contributed by atoms with Crippen molar-refractivity contribution in [2.75, 3.05) is 10.6 Å². The van der Waals surface area contributed by atoms with Crippen molar-refractivity contribution in [3.05, 3.63) is 89.2 Å². The minimum Gasteiger partial charge on any atom is -0.308 e. The minimum absolute atomic E-state index is 0.0631. The summed E-state index contributed by atoms with van der Waals surface area (Å²) in [6.45, 7) is 0. The summed E-state index contributed by atoms with van der Waals surface area (Å²) >= 11 is 0. The quantitative estimate of drug-likeness (QED) is 0.332. The van der Waals surface area contributed by atoms with Gasteiger partial charge in [-0.15, -0.1) is 0 Å². The van der Waals surface area contributed by atoms with Gasteiger partial charge in [0.15, 0.2) is 0 Å². The van der Waals surface area contributed by atoms with Crippen LogP contribution in [0.15, 0.2) is 55.6 Å². The van der Waals surface area contributed by atoms with Crippen molar-refractivity contribution in [2.45, 2.75) is 0 Å². The summed E-state index contributed by atoms with van der Waals surface area (Å²) in [5, 5.41) is 4.66. The van der Waals surface area contributed by atoms with E-state index in [-0.39, 0.29) is 22.8 Å². The van der Waals surface area contributed by atoms with E-state index < -0.39 is 34.3 Å². The third kappa shape index (κ3) is 4.37. The molecular weight excluding hydrogens is 372 g/mol. The second-order valence-electron chi connectivity index (χ2n) is 5.49. The maximum absolute atomic E-state index is 12.3. The van der Waals surface area contributed by atoms with Gasteiger partial charge in [-0.3, -0.25) is 39.1 Å². The van der Waals surface area contributed by atoms with Crippen LogP contribution in [0.2, 0.25) is 0 Å². The molecule has 0 spiro atoms. The molecule has 0 aliphatic carbocycles. The molecule has 0 bridgehead atoms. The molecule has 3 aromatic rings. The number of hydrogen-bond acceptors (Lipinski definition) is 6. The largest absolute Gasteiger partial charge is 0.327 e. The molecule has 0 atom stereocenters. The van der Waals surface area contributed by atoms with E-state index in [1.165, 1.54) is 24.3 Å². The van der Waals surface area contributed by atoms with Crippen LogP contribution in [0, 0.1) is 0 Å². The van der Waals surface area contributed by atoms with Gasteiger partial charge in [0, 0.05) is 23.3 Å². The van der Waals surface area contributed by atoms with Crippen LogP contribution in [-0.4, -0.2) is 31.8 Å². The highest BCUT2D eigenvalue weighted by Gasteiger charge is 2.12. The Bertz CT molecular complexity index is 1140. The lowest BCUT2D eigenvalue weighted by Gasteiger charge is -2.07. The maximum Gasteiger partial charge on any atom is 0.327 e. The first kappa shape index (κ1) is 18.3. The van der Waals surface area contributed by atoms with Gasteiger partial charge in [-0.25, -0.2) is 9.59 Å². The standard InChI is InChI=1S/C16H12N6O6/c23-11-5-9(19-15(27)21-11)17-13(25)7-2-1-3-8(4-7)14(26)18-10-6-12(24)22-16(28)20-10/h1-6H,(H3,17,19,21,23,25,27)(H3,18,20,22,24,26,28). The molecule has 12 heteroatoms. The van der Waals surface area contributed by atoms with E-state index in [4.69, 9.17) is 0 Å². The van der Waals surface area contributed by atoms with Crippen LogP contribution in [0.5, 0.6) is 0 Å². The van der Waals surface area contributed by atoms with E-state index in [2.05, 4.69) is 20.6 Å². The zero-order valence-electron chi connectivity index (χ0n) is 13.9. The number of aromatic nitrogens is 4. The molecule has 2 amide bonds. The van der Waals surface area contributed by atoms with E-state index in [9.17, 15) is 28.8 Å². The van der Waals surface area contributed by atoms with Crippen LogP contribution in [0.4, 0.5) is 11.6 Å². The van der Waals surface area contributed by atoms with Crippen LogP contribution in [0.1, 0.15) is 20.7 Å². The highest BCUT2D eigenvalue weighted by atomic mass is 16.2. The first-order chi connectivity index (χ1) is 13.3. The Hall–Kier alpha value is -4.48. The van der Waals surface area contributed by atoms with Gasteiger partial charge in [0.2, 0.25) is 0 Å². The summed E-state index contributed by atoms with van der Waals surface area (Å²) in [6.07, 6.45) is 0. The molecule has 0 fully saturated rings. The lowest BCUT2D eigenvalue weighted by atomic mass is 10.1. The van der Waals surface area contributed by atoms with Crippen LogP contribution in [0.25, 0.3) is 0 Å². The molecule has 2 aromatic heterocycles. The number of aromatic amines is 4. The van der Waals surface area contributed by atoms with Gasteiger partial charge in [0.25, 0.3) is 22.9 Å². The Labute approximate surface area is 153 Å². The third-order valence-electron chi connectivity index (χ3n) is 3.40. The van der Waals surface area contributed by atoms with Crippen molar-refractivity contribution < 1.29 is 9.59 Å². The zero-order chi connectivity index (χ0) is 20.3. The molecule has 0 aliphatic rings. The van der Waals surface area contributed by atoms with Gasteiger partial charge in [-0.1, -0.05) is 6.07 Å². The maximum atomic E-state index is 12.3. The third-order valence-corrected chi connectivity index (χ3v) is 3.40. The number of nitrogens with one attached hydrogen (secondary N) is 6. The molecule has 142 valence electrons. The molecule has 6 N–H and O–H groups in total. The second kappa shape index (κ2) is 7.41. The van der Waals surface area contributed by atoms with Crippen LogP contribution >= 0.6 is 0 Å². The fourth-order valence-electron chi connectivity index (χ4n) is 2.26. The molecular formula is C16H12N6O6. The summed E-state index contributed by atoms with van der Waals surface area (Å²) in [7, 11) is 0. The van der Waals surface area contributed by atoms with E-state index >= 15 is 0 Å². The Morgan fingerprint density at radius 1 is 0.643 bits per heavy atom. The number of anilines is 2. The van der Waals surface area contributed by atoms with Gasteiger partial charge in [-0.2, -0.15) is 0 Å². The minimum atomic E-state index is -0.789. The first-order valence-corrected chi connectivity index (χ1v) is 7.70. The zero-order valence-corrected chi connectivity index (χ0v) is 13.9. The molecule has 0 saturated carbocycles. The van der Waals surface area contributed by atoms with Crippen LogP contribution in [0.3, 0.4) is 0 Å². The fourth-order valence-corrected chi connectivity index (χ4v) is 2.26. The van der Waals surface area contributed by atoms with Crippen molar-refractivity contribution in [2.24, 2.45) is 0 Å². The van der Waals surface area contributed by atoms with Gasteiger partial charge in [0.1, 0.15) is 11.6 Å². The number of amides is 2. The summed E-state index contributed by atoms with van der Waals surface area (Å²) < 4.78 is 0. The van der Waals surface area contributed by atoms with Crippen molar-refractivity contribution in [1.29, 1.82) is 0 Å².